The molecule has 1 saturated heterocycles. The van der Waals surface area contributed by atoms with Crippen LogP contribution in [0.15, 0.2) is 18.2 Å². The molecule has 1 amide bonds. The second kappa shape index (κ2) is 9.21. The largest absolute Gasteiger partial charge is 0.496 e. The van der Waals surface area contributed by atoms with Crippen molar-refractivity contribution in [1.82, 2.24) is 15.5 Å². The zero-order valence-corrected chi connectivity index (χ0v) is 14.3. The van der Waals surface area contributed by atoms with Crippen LogP contribution in [0.1, 0.15) is 10.4 Å². The molecule has 2 rings (SSSR count). The van der Waals surface area contributed by atoms with Gasteiger partial charge in [0.1, 0.15) is 17.6 Å². The number of amides is 1. The first kappa shape index (κ1) is 21.5. The summed E-state index contributed by atoms with van der Waals surface area (Å²) in [5.41, 5.74) is -0.140. The van der Waals surface area contributed by atoms with Gasteiger partial charge < -0.3 is 15.4 Å². The van der Waals surface area contributed by atoms with Crippen molar-refractivity contribution in [2.45, 2.75) is 12.2 Å². The van der Waals surface area contributed by atoms with Gasteiger partial charge in [0, 0.05) is 32.7 Å². The quantitative estimate of drug-likeness (QED) is 0.759. The van der Waals surface area contributed by atoms with Crippen LogP contribution in [0.4, 0.5) is 17.6 Å². The molecule has 25 heavy (non-hydrogen) atoms. The van der Waals surface area contributed by atoms with Gasteiger partial charge in [-0.15, -0.1) is 12.4 Å². The standard InChI is InChI=1S/C15H19F4N3O2.ClH/c1-24-12-3-2-10(16)8-11(12)14(23)21-9-13(15(17,18)19)22-6-4-20-5-7-22;/h2-3,8,13,20H,4-7,9H2,1H3,(H,21,23);1H. The van der Waals surface area contributed by atoms with Crippen LogP contribution in [-0.4, -0.2) is 62.9 Å². The van der Waals surface area contributed by atoms with Crippen molar-refractivity contribution in [2.24, 2.45) is 0 Å². The monoisotopic (exact) mass is 385 g/mol. The molecule has 1 aromatic carbocycles. The Morgan fingerprint density at radius 2 is 2.00 bits per heavy atom. The summed E-state index contributed by atoms with van der Waals surface area (Å²) in [6.07, 6.45) is -4.48. The maximum Gasteiger partial charge on any atom is 0.405 e. The Hall–Kier alpha value is -1.58. The number of halogens is 5. The summed E-state index contributed by atoms with van der Waals surface area (Å²) < 4.78 is 58.0. The lowest BCUT2D eigenvalue weighted by molar-refractivity contribution is -0.183. The van der Waals surface area contributed by atoms with Crippen LogP contribution in [0.5, 0.6) is 5.75 Å². The Kier molecular flexibility index (Phi) is 7.91. The summed E-state index contributed by atoms with van der Waals surface area (Å²) in [6, 6.07) is 1.50. The van der Waals surface area contributed by atoms with Gasteiger partial charge in [-0.25, -0.2) is 4.39 Å². The fourth-order valence-electron chi connectivity index (χ4n) is 2.59. The SMILES string of the molecule is COc1ccc(F)cc1C(=O)NCC(N1CCNCC1)C(F)(F)F.Cl. The Morgan fingerprint density at radius 3 is 2.56 bits per heavy atom. The number of carbonyl (C=O) groups excluding carboxylic acids is 1. The van der Waals surface area contributed by atoms with Gasteiger partial charge in [0.25, 0.3) is 5.91 Å². The first-order chi connectivity index (χ1) is 11.3. The fourth-order valence-corrected chi connectivity index (χ4v) is 2.59. The lowest BCUT2D eigenvalue weighted by atomic mass is 10.1. The van der Waals surface area contributed by atoms with Crippen LogP contribution < -0.4 is 15.4 Å². The molecular formula is C15H20ClF4N3O2. The molecule has 142 valence electrons. The van der Waals surface area contributed by atoms with Crippen molar-refractivity contribution in [3.05, 3.63) is 29.6 Å². The first-order valence-electron chi connectivity index (χ1n) is 7.46. The zero-order chi connectivity index (χ0) is 17.7. The molecule has 0 saturated carbocycles. The number of nitrogens with one attached hydrogen (secondary N) is 2. The highest BCUT2D eigenvalue weighted by atomic mass is 35.5. The fraction of sp³-hybridized carbons (Fsp3) is 0.533. The Morgan fingerprint density at radius 1 is 1.36 bits per heavy atom. The van der Waals surface area contributed by atoms with E-state index in [2.05, 4.69) is 10.6 Å². The molecule has 0 radical (unpaired) electrons. The van der Waals surface area contributed by atoms with Gasteiger partial charge in [0.15, 0.2) is 0 Å². The highest BCUT2D eigenvalue weighted by Gasteiger charge is 2.43. The number of benzene rings is 1. The molecule has 0 spiro atoms. The van der Waals surface area contributed by atoms with E-state index in [1.54, 1.807) is 0 Å². The second-order valence-corrected chi connectivity index (χ2v) is 5.40. The summed E-state index contributed by atoms with van der Waals surface area (Å²) in [5.74, 6) is -1.38. The predicted molar refractivity (Wildman–Crippen MR) is 86.8 cm³/mol. The van der Waals surface area contributed by atoms with Crippen LogP contribution in [0, 0.1) is 5.82 Å². The summed E-state index contributed by atoms with van der Waals surface area (Å²) >= 11 is 0. The minimum atomic E-state index is -4.48. The molecule has 1 atom stereocenters. The maximum atomic E-state index is 13.3. The minimum Gasteiger partial charge on any atom is -0.496 e. The molecule has 1 aliphatic heterocycles. The normalized spacial score (nSPS) is 16.7. The highest BCUT2D eigenvalue weighted by Crippen LogP contribution is 2.25. The molecule has 0 aliphatic carbocycles. The number of ether oxygens (including phenoxy) is 1. The summed E-state index contributed by atoms with van der Waals surface area (Å²) in [5, 5.41) is 5.22. The van der Waals surface area contributed by atoms with Gasteiger partial charge >= 0.3 is 6.18 Å². The number of piperazine rings is 1. The van der Waals surface area contributed by atoms with Gasteiger partial charge in [-0.1, -0.05) is 0 Å². The first-order valence-corrected chi connectivity index (χ1v) is 7.46. The van der Waals surface area contributed by atoms with E-state index in [0.29, 0.717) is 13.1 Å². The highest BCUT2D eigenvalue weighted by molar-refractivity contribution is 5.96. The minimum absolute atomic E-state index is 0. The number of nitrogens with zero attached hydrogens (tertiary/aromatic N) is 1. The number of alkyl halides is 3. The molecular weight excluding hydrogens is 366 g/mol. The van der Waals surface area contributed by atoms with E-state index in [1.165, 1.54) is 18.1 Å². The average molecular weight is 386 g/mol. The van der Waals surface area contributed by atoms with E-state index in [4.69, 9.17) is 4.74 Å². The number of methoxy groups -OCH3 is 1. The van der Waals surface area contributed by atoms with Gasteiger partial charge in [0.2, 0.25) is 0 Å². The van der Waals surface area contributed by atoms with Crippen LogP contribution in [0.3, 0.4) is 0 Å². The lowest BCUT2D eigenvalue weighted by Crippen LogP contribution is -2.57. The second-order valence-electron chi connectivity index (χ2n) is 5.40. The van der Waals surface area contributed by atoms with Crippen molar-refractivity contribution in [3.63, 3.8) is 0 Å². The Labute approximate surface area is 149 Å². The van der Waals surface area contributed by atoms with E-state index >= 15 is 0 Å². The van der Waals surface area contributed by atoms with Gasteiger partial charge in [-0.05, 0) is 18.2 Å². The average Bonchev–Trinajstić information content (AvgIpc) is 2.54. The molecule has 1 aliphatic rings. The molecule has 1 heterocycles. The maximum absolute atomic E-state index is 13.3. The van der Waals surface area contributed by atoms with Crippen molar-refractivity contribution in [2.75, 3.05) is 39.8 Å². The lowest BCUT2D eigenvalue weighted by Gasteiger charge is -2.35. The summed E-state index contributed by atoms with van der Waals surface area (Å²) in [4.78, 5) is 13.4. The van der Waals surface area contributed by atoms with E-state index in [9.17, 15) is 22.4 Å². The van der Waals surface area contributed by atoms with Crippen LogP contribution in [0.25, 0.3) is 0 Å². The third kappa shape index (κ3) is 5.72. The Balaban J connectivity index is 0.00000312. The molecule has 5 nitrogen and oxygen atoms in total. The summed E-state index contributed by atoms with van der Waals surface area (Å²) in [7, 11) is 1.29. The molecule has 1 unspecified atom stereocenters. The topological polar surface area (TPSA) is 53.6 Å². The van der Waals surface area contributed by atoms with Crippen molar-refractivity contribution in [3.8, 4) is 5.75 Å². The molecule has 0 aromatic heterocycles. The zero-order valence-electron chi connectivity index (χ0n) is 13.5. The van der Waals surface area contributed by atoms with Gasteiger partial charge in [-0.3, -0.25) is 9.69 Å². The van der Waals surface area contributed by atoms with E-state index < -0.39 is 30.5 Å². The third-order valence-corrected chi connectivity index (χ3v) is 3.83. The van der Waals surface area contributed by atoms with Gasteiger partial charge in [0.05, 0.1) is 12.7 Å². The number of carbonyl (C=O) groups is 1. The molecule has 1 aromatic rings. The molecule has 0 bridgehead atoms. The number of rotatable bonds is 5. The van der Waals surface area contributed by atoms with Crippen LogP contribution in [-0.2, 0) is 0 Å². The Bertz CT molecular complexity index is 580. The molecule has 10 heteroatoms. The summed E-state index contributed by atoms with van der Waals surface area (Å²) in [6.45, 7) is 0.783. The van der Waals surface area contributed by atoms with Crippen LogP contribution >= 0.6 is 12.4 Å². The van der Waals surface area contributed by atoms with E-state index in [1.807, 2.05) is 0 Å². The smallest absolute Gasteiger partial charge is 0.405 e. The third-order valence-electron chi connectivity index (χ3n) is 3.83. The van der Waals surface area contributed by atoms with Gasteiger partial charge in [-0.2, -0.15) is 13.2 Å². The van der Waals surface area contributed by atoms with E-state index in [0.717, 1.165) is 12.1 Å². The molecule has 1 fully saturated rings. The number of hydrogen-bond acceptors (Lipinski definition) is 4. The van der Waals surface area contributed by atoms with Crippen molar-refractivity contribution < 1.29 is 27.1 Å². The van der Waals surface area contributed by atoms with Crippen molar-refractivity contribution >= 4 is 18.3 Å². The predicted octanol–water partition coefficient (Wildman–Crippen LogP) is 1.82. The van der Waals surface area contributed by atoms with Crippen LogP contribution in [0.2, 0.25) is 0 Å². The molecule has 2 N–H and O–H groups in total. The number of hydrogen-bond donors (Lipinski definition) is 2. The van der Waals surface area contributed by atoms with E-state index in [-0.39, 0.29) is 36.8 Å². The van der Waals surface area contributed by atoms with Crippen molar-refractivity contribution in [1.29, 1.82) is 0 Å².